The monoisotopic (exact) mass is 998 g/mol. The zero-order chi connectivity index (χ0) is 45.0. The Morgan fingerprint density at radius 1 is 0.569 bits per heavy atom. The van der Waals surface area contributed by atoms with Gasteiger partial charge in [0.1, 0.15) is 0 Å². The molecule has 0 saturated heterocycles. The first-order chi connectivity index (χ1) is 31.5. The molecule has 0 heterocycles. The first-order valence-electron chi connectivity index (χ1n) is 23.6. The van der Waals surface area contributed by atoms with Crippen molar-refractivity contribution in [3.8, 4) is 22.3 Å². The normalized spacial score (nSPS) is 21.8. The summed E-state index contributed by atoms with van der Waals surface area (Å²) >= 11 is -0.826. The predicted molar refractivity (Wildman–Crippen MR) is 269 cm³/mol. The van der Waals surface area contributed by atoms with Gasteiger partial charge in [0.05, 0.1) is 0 Å². The van der Waals surface area contributed by atoms with E-state index in [4.69, 9.17) is 17.0 Å². The van der Waals surface area contributed by atoms with Crippen molar-refractivity contribution in [3.63, 3.8) is 0 Å². The van der Waals surface area contributed by atoms with Crippen molar-refractivity contribution in [2.75, 3.05) is 0 Å². The van der Waals surface area contributed by atoms with E-state index in [1.54, 1.807) is 17.7 Å². The van der Waals surface area contributed by atoms with Gasteiger partial charge in [-0.25, -0.2) is 0 Å². The maximum Gasteiger partial charge on any atom is -0.0178 e. The smallest absolute Gasteiger partial charge is 0.0178 e. The molecule has 2 radical (unpaired) electrons. The Kier molecular flexibility index (Phi) is 14.6. The molecule has 0 aliphatic heterocycles. The summed E-state index contributed by atoms with van der Waals surface area (Å²) in [7, 11) is 10.3. The minimum absolute atomic E-state index is 0.281. The van der Waals surface area contributed by atoms with Crippen LogP contribution >= 0.6 is 17.0 Å². The van der Waals surface area contributed by atoms with Gasteiger partial charge in [0.15, 0.2) is 0 Å². The van der Waals surface area contributed by atoms with E-state index in [-0.39, 0.29) is 6.04 Å². The molecule has 332 valence electrons. The van der Waals surface area contributed by atoms with Gasteiger partial charge in [-0.2, -0.15) is 25.3 Å². The van der Waals surface area contributed by atoms with Gasteiger partial charge in [-0.05, 0) is 145 Å². The summed E-state index contributed by atoms with van der Waals surface area (Å²) in [5, 5.41) is 10.9. The van der Waals surface area contributed by atoms with Crippen LogP contribution in [-0.4, -0.2) is 15.7 Å². The minimum atomic E-state index is -3.94. The zero-order valence-corrected chi connectivity index (χ0v) is 42.3. The van der Waals surface area contributed by atoms with Crippen LogP contribution in [0.1, 0.15) is 81.8 Å². The molecule has 4 saturated carbocycles. The first kappa shape index (κ1) is 46.6. The summed E-state index contributed by atoms with van der Waals surface area (Å²) < 4.78 is 33.7. The molecule has 0 N–H and O–H groups in total. The van der Waals surface area contributed by atoms with Gasteiger partial charge in [-0.3, -0.25) is 0 Å². The Morgan fingerprint density at radius 2 is 0.985 bits per heavy atom. The number of hydrogen-bond acceptors (Lipinski definition) is 0. The number of hydrogen-bond donors (Lipinski definition) is 0. The minimum Gasteiger partial charge on any atom is -0.164 e. The third-order valence-electron chi connectivity index (χ3n) is 15.3. The zero-order valence-electron chi connectivity index (χ0n) is 37.3. The molecule has 0 nitrogen and oxygen atoms in total. The predicted octanol–water partition coefficient (Wildman–Crippen LogP) is 18.5. The molecule has 0 aromatic heterocycles. The van der Waals surface area contributed by atoms with Crippen LogP contribution in [0.5, 0.6) is 0 Å². The topological polar surface area (TPSA) is 0 Å². The number of benzene rings is 6. The molecule has 8 aromatic carbocycles. The van der Waals surface area contributed by atoms with Crippen LogP contribution < -0.4 is 0 Å². The molecule has 65 heavy (non-hydrogen) atoms. The fourth-order valence-electron chi connectivity index (χ4n) is 12.3. The third-order valence-corrected chi connectivity index (χ3v) is 16.1. The van der Waals surface area contributed by atoms with E-state index in [0.717, 1.165) is 11.8 Å². The summed E-state index contributed by atoms with van der Waals surface area (Å²) in [6.07, 6.45) is 12.7. The average molecular weight is 1000 g/mol. The van der Waals surface area contributed by atoms with E-state index >= 15 is 0 Å². The Bertz CT molecular complexity index is 2670. The number of alkyl halides is 3. The molecule has 12 rings (SSSR count). The second-order valence-electron chi connectivity index (χ2n) is 19.7. The van der Waals surface area contributed by atoms with Crippen molar-refractivity contribution in [2.45, 2.75) is 102 Å². The van der Waals surface area contributed by atoms with E-state index < -0.39 is 33.4 Å². The van der Waals surface area contributed by atoms with Crippen molar-refractivity contribution >= 4 is 69.6 Å². The molecule has 4 aliphatic carbocycles. The second-order valence-corrected chi connectivity index (χ2v) is 24.6. The largest absolute Gasteiger partial charge is 0.164 e. The Hall–Kier alpha value is -3.47. The van der Waals surface area contributed by atoms with Gasteiger partial charge >= 0.3 is 44.1 Å². The molecule has 0 spiro atoms. The van der Waals surface area contributed by atoms with Crippen molar-refractivity contribution in [2.24, 2.45) is 22.7 Å². The Labute approximate surface area is 404 Å². The standard InChI is InChI=1S/2C27H25.C4H7F3Si.2ClH.Zr/c2*1-2-5-22-16-24(9-8-21(22)4-1)25-7-3-6-23-14-20(15-26(23)25)18-27-12-10-19(17-27)11-13-27;1-8-3-2-4(5,6)7;;;/h2*1-9,14-16,19H,10-13,17-18H2;2-3H2,1H3;2*1H;/q2*-1;;;;+4/p-2. The van der Waals surface area contributed by atoms with E-state index in [9.17, 15) is 13.2 Å². The van der Waals surface area contributed by atoms with Crippen LogP contribution in [0.25, 0.3) is 65.3 Å². The number of fused-ring (bicyclic) bond motifs is 8. The maximum absolute atomic E-state index is 11.2. The number of halogens is 5. The summed E-state index contributed by atoms with van der Waals surface area (Å²) in [6.45, 7) is 1.77. The quantitative estimate of drug-likeness (QED) is 0.105. The van der Waals surface area contributed by atoms with Gasteiger partial charge in [0.25, 0.3) is 0 Å². The Morgan fingerprint density at radius 3 is 1.34 bits per heavy atom. The van der Waals surface area contributed by atoms with Gasteiger partial charge in [0.2, 0.25) is 0 Å². The molecule has 0 unspecified atom stereocenters. The summed E-state index contributed by atoms with van der Waals surface area (Å²) in [6, 6.07) is 54.8. The van der Waals surface area contributed by atoms with Gasteiger partial charge in [-0.15, -0.1) is 69.1 Å². The average Bonchev–Trinajstić information content (AvgIpc) is 4.20. The van der Waals surface area contributed by atoms with Crippen LogP contribution in [0.2, 0.25) is 12.6 Å². The van der Waals surface area contributed by atoms with Crippen molar-refractivity contribution < 1.29 is 34.0 Å². The van der Waals surface area contributed by atoms with Crippen LogP contribution in [0.4, 0.5) is 13.2 Å². The van der Waals surface area contributed by atoms with Crippen LogP contribution in [0.15, 0.2) is 146 Å². The fraction of sp³-hybridized carbons (Fsp3) is 0.345. The third kappa shape index (κ3) is 11.0. The van der Waals surface area contributed by atoms with Crippen LogP contribution in [-0.2, 0) is 33.7 Å². The molecular weight excluding hydrogens is 944 g/mol. The van der Waals surface area contributed by atoms with Crippen molar-refractivity contribution in [1.29, 1.82) is 0 Å². The Balaban J connectivity index is 0.000000134. The van der Waals surface area contributed by atoms with Crippen molar-refractivity contribution in [3.05, 3.63) is 157 Å². The maximum atomic E-state index is 11.2. The van der Waals surface area contributed by atoms with E-state index in [1.165, 1.54) is 142 Å². The molecule has 4 aliphatic rings. The molecule has 4 bridgehead atoms. The van der Waals surface area contributed by atoms with Crippen molar-refractivity contribution in [1.82, 2.24) is 0 Å². The van der Waals surface area contributed by atoms with Crippen LogP contribution in [0.3, 0.4) is 0 Å². The van der Waals surface area contributed by atoms with E-state index in [1.807, 2.05) is 0 Å². The summed E-state index contributed by atoms with van der Waals surface area (Å²) in [5.74, 6) is 2.06. The van der Waals surface area contributed by atoms with Gasteiger partial charge in [0, 0.05) is 15.9 Å². The van der Waals surface area contributed by atoms with E-state index in [0.29, 0.717) is 20.3 Å². The molecule has 8 aromatic rings. The fourth-order valence-corrected chi connectivity index (χ4v) is 12.8. The summed E-state index contributed by atoms with van der Waals surface area (Å²) in [5.41, 5.74) is 9.76. The first-order valence-corrected chi connectivity index (χ1v) is 31.6. The molecule has 0 atom stereocenters. The second kappa shape index (κ2) is 20.4. The number of rotatable bonds is 8. The molecule has 7 heteroatoms. The molecule has 4 fully saturated rings. The summed E-state index contributed by atoms with van der Waals surface area (Å²) in [4.78, 5) is 0. The van der Waals surface area contributed by atoms with Crippen LogP contribution in [0, 0.1) is 22.7 Å². The molecule has 0 amide bonds. The van der Waals surface area contributed by atoms with Gasteiger partial charge < -0.3 is 0 Å². The van der Waals surface area contributed by atoms with E-state index in [2.05, 4.69) is 146 Å². The molecular formula is C58H57Cl2F3SiZr. The SMILES string of the molecule is C[Si]CCC(F)(F)F.[Cl][Zr+2][Cl].c1ccc2cc(-c3cccc4[cH-]c(CC56CCC(CC5)C6)cc34)ccc2c1.c1ccc2cc(-c3cccc4[cH-]c(CC56CCC(CC5)C6)cc34)ccc2c1. The van der Waals surface area contributed by atoms with Gasteiger partial charge in [-0.1, -0.05) is 109 Å².